The van der Waals surface area contributed by atoms with Crippen LogP contribution in [0.2, 0.25) is 0 Å². The standard InChI is InChI=1S/C10H11ClN2O2S/c1-3-8-12-10(16(11,14)15)9-7(2)5-4-6-13(8)9/h4-6H,3H2,1-2H3. The first kappa shape index (κ1) is 11.4. The van der Waals surface area contributed by atoms with Crippen LogP contribution in [0.25, 0.3) is 5.52 Å². The van der Waals surface area contributed by atoms with E-state index in [0.29, 0.717) is 17.8 Å². The molecule has 2 heterocycles. The maximum absolute atomic E-state index is 11.4. The monoisotopic (exact) mass is 258 g/mol. The Morgan fingerprint density at radius 3 is 2.75 bits per heavy atom. The third-order valence-corrected chi connectivity index (χ3v) is 3.64. The molecule has 0 fully saturated rings. The molecule has 0 aliphatic carbocycles. The summed E-state index contributed by atoms with van der Waals surface area (Å²) in [4.78, 5) is 4.08. The van der Waals surface area contributed by atoms with Crippen molar-refractivity contribution in [2.45, 2.75) is 25.3 Å². The third-order valence-electron chi connectivity index (χ3n) is 2.45. The van der Waals surface area contributed by atoms with Crippen LogP contribution in [0.3, 0.4) is 0 Å². The molecule has 0 aromatic carbocycles. The number of nitrogens with zero attached hydrogens (tertiary/aromatic N) is 2. The van der Waals surface area contributed by atoms with Crippen molar-refractivity contribution in [3.8, 4) is 0 Å². The highest BCUT2D eigenvalue weighted by molar-refractivity contribution is 8.13. The topological polar surface area (TPSA) is 51.4 Å². The molecule has 0 spiro atoms. The number of fused-ring (bicyclic) bond motifs is 1. The second-order valence-corrected chi connectivity index (χ2v) is 6.02. The van der Waals surface area contributed by atoms with Gasteiger partial charge in [0.05, 0.1) is 5.52 Å². The van der Waals surface area contributed by atoms with Crippen LogP contribution < -0.4 is 0 Å². The van der Waals surface area contributed by atoms with Gasteiger partial charge in [0.2, 0.25) is 0 Å². The average Bonchev–Trinajstić information content (AvgIpc) is 2.57. The van der Waals surface area contributed by atoms with Crippen molar-refractivity contribution in [3.63, 3.8) is 0 Å². The number of hydrogen-bond donors (Lipinski definition) is 0. The molecule has 0 N–H and O–H groups in total. The first-order valence-corrected chi connectivity index (χ1v) is 7.17. The van der Waals surface area contributed by atoms with Crippen LogP contribution in [0.15, 0.2) is 23.4 Å². The molecule has 2 rings (SSSR count). The van der Waals surface area contributed by atoms with Gasteiger partial charge in [-0.3, -0.25) is 0 Å². The smallest absolute Gasteiger partial charge is 0.280 e. The number of hydrogen-bond acceptors (Lipinski definition) is 3. The Morgan fingerprint density at radius 2 is 2.19 bits per heavy atom. The van der Waals surface area contributed by atoms with Crippen molar-refractivity contribution < 1.29 is 8.42 Å². The van der Waals surface area contributed by atoms with E-state index in [2.05, 4.69) is 4.98 Å². The summed E-state index contributed by atoms with van der Waals surface area (Å²) in [6.45, 7) is 3.75. The lowest BCUT2D eigenvalue weighted by Gasteiger charge is -2.00. The molecule has 0 atom stereocenters. The van der Waals surface area contributed by atoms with Gasteiger partial charge in [-0.05, 0) is 18.6 Å². The molecule has 2 aromatic heterocycles. The van der Waals surface area contributed by atoms with Crippen molar-refractivity contribution in [2.75, 3.05) is 0 Å². The van der Waals surface area contributed by atoms with Crippen LogP contribution in [0.1, 0.15) is 18.3 Å². The molecule has 16 heavy (non-hydrogen) atoms. The normalized spacial score (nSPS) is 12.2. The Kier molecular flexibility index (Phi) is 2.67. The zero-order valence-corrected chi connectivity index (χ0v) is 10.5. The summed E-state index contributed by atoms with van der Waals surface area (Å²) in [6.07, 6.45) is 2.44. The Balaban J connectivity index is 2.96. The van der Waals surface area contributed by atoms with Crippen LogP contribution in [-0.4, -0.2) is 17.8 Å². The Hall–Kier alpha value is -1.07. The molecular weight excluding hydrogens is 248 g/mol. The summed E-state index contributed by atoms with van der Waals surface area (Å²) >= 11 is 0. The number of pyridine rings is 1. The minimum absolute atomic E-state index is 0.0517. The molecule has 4 nitrogen and oxygen atoms in total. The molecule has 0 amide bonds. The second-order valence-electron chi connectivity index (χ2n) is 3.53. The largest absolute Gasteiger partial charge is 0.302 e. The van der Waals surface area contributed by atoms with E-state index in [1.807, 2.05) is 26.0 Å². The minimum Gasteiger partial charge on any atom is -0.302 e. The van der Waals surface area contributed by atoms with Crippen molar-refractivity contribution in [1.82, 2.24) is 9.38 Å². The Labute approximate surface area is 98.3 Å². The fourth-order valence-electron chi connectivity index (χ4n) is 1.75. The zero-order valence-electron chi connectivity index (χ0n) is 8.94. The van der Waals surface area contributed by atoms with Gasteiger partial charge in [0.25, 0.3) is 9.05 Å². The minimum atomic E-state index is -3.80. The summed E-state index contributed by atoms with van der Waals surface area (Å²) < 4.78 is 24.6. The van der Waals surface area contributed by atoms with E-state index in [-0.39, 0.29) is 5.03 Å². The van der Waals surface area contributed by atoms with E-state index >= 15 is 0 Å². The highest BCUT2D eigenvalue weighted by Crippen LogP contribution is 2.24. The molecule has 0 aliphatic rings. The first-order valence-electron chi connectivity index (χ1n) is 4.86. The van der Waals surface area contributed by atoms with Gasteiger partial charge in [-0.25, -0.2) is 13.4 Å². The number of rotatable bonds is 2. The van der Waals surface area contributed by atoms with Gasteiger partial charge >= 0.3 is 0 Å². The van der Waals surface area contributed by atoms with Crippen molar-refractivity contribution in [3.05, 3.63) is 29.7 Å². The van der Waals surface area contributed by atoms with E-state index in [1.54, 1.807) is 10.6 Å². The van der Waals surface area contributed by atoms with E-state index in [4.69, 9.17) is 10.7 Å². The van der Waals surface area contributed by atoms with Gasteiger partial charge in [-0.15, -0.1) is 0 Å². The second kappa shape index (κ2) is 3.75. The highest BCUT2D eigenvalue weighted by atomic mass is 35.7. The molecule has 0 aliphatic heterocycles. The predicted molar refractivity (Wildman–Crippen MR) is 62.3 cm³/mol. The third kappa shape index (κ3) is 1.70. The predicted octanol–water partition coefficient (Wildman–Crippen LogP) is 2.13. The average molecular weight is 259 g/mol. The van der Waals surface area contributed by atoms with Gasteiger partial charge in [0.15, 0.2) is 5.03 Å². The van der Waals surface area contributed by atoms with Crippen LogP contribution in [0.4, 0.5) is 0 Å². The molecule has 0 saturated carbocycles. The SMILES string of the molecule is CCc1nc(S(=O)(=O)Cl)c2c(C)cccn12. The fraction of sp³-hybridized carbons (Fsp3) is 0.300. The number of imidazole rings is 1. The van der Waals surface area contributed by atoms with Gasteiger partial charge in [0.1, 0.15) is 5.82 Å². The molecule has 0 saturated heterocycles. The van der Waals surface area contributed by atoms with E-state index in [0.717, 1.165) is 5.56 Å². The summed E-state index contributed by atoms with van der Waals surface area (Å²) in [7, 11) is 1.58. The molecule has 6 heteroatoms. The molecular formula is C10H11ClN2O2S. The first-order chi connectivity index (χ1) is 7.45. The van der Waals surface area contributed by atoms with Crippen LogP contribution in [0.5, 0.6) is 0 Å². The van der Waals surface area contributed by atoms with Gasteiger partial charge < -0.3 is 4.40 Å². The van der Waals surface area contributed by atoms with Crippen molar-refractivity contribution in [2.24, 2.45) is 0 Å². The molecule has 0 unspecified atom stereocenters. The molecule has 0 bridgehead atoms. The maximum Gasteiger partial charge on any atom is 0.280 e. The van der Waals surface area contributed by atoms with Gasteiger partial charge in [0, 0.05) is 23.3 Å². The van der Waals surface area contributed by atoms with Crippen LogP contribution in [0, 0.1) is 6.92 Å². The summed E-state index contributed by atoms with van der Waals surface area (Å²) in [6, 6.07) is 3.69. The Morgan fingerprint density at radius 1 is 1.50 bits per heavy atom. The summed E-state index contributed by atoms with van der Waals surface area (Å²) in [5.41, 5.74) is 1.41. The molecule has 2 aromatic rings. The maximum atomic E-state index is 11.4. The Bertz CT molecular complexity index is 646. The summed E-state index contributed by atoms with van der Waals surface area (Å²) in [5.74, 6) is 0.693. The molecule has 86 valence electrons. The number of aryl methyl sites for hydroxylation is 2. The summed E-state index contributed by atoms with van der Waals surface area (Å²) in [5, 5.41) is -0.0517. The lowest BCUT2D eigenvalue weighted by atomic mass is 10.2. The fourth-order valence-corrected chi connectivity index (χ4v) is 2.77. The number of aromatic nitrogens is 2. The van der Waals surface area contributed by atoms with E-state index in [1.165, 1.54) is 0 Å². The van der Waals surface area contributed by atoms with Crippen molar-refractivity contribution in [1.29, 1.82) is 0 Å². The lowest BCUT2D eigenvalue weighted by molar-refractivity contribution is 0.607. The lowest BCUT2D eigenvalue weighted by Crippen LogP contribution is -1.94. The van der Waals surface area contributed by atoms with Crippen molar-refractivity contribution >= 4 is 25.2 Å². The number of halogens is 1. The van der Waals surface area contributed by atoms with Crippen LogP contribution >= 0.6 is 10.7 Å². The molecule has 0 radical (unpaired) electrons. The van der Waals surface area contributed by atoms with Gasteiger partial charge in [-0.2, -0.15) is 0 Å². The zero-order chi connectivity index (χ0) is 11.9. The van der Waals surface area contributed by atoms with E-state index in [9.17, 15) is 8.42 Å². The highest BCUT2D eigenvalue weighted by Gasteiger charge is 2.21. The van der Waals surface area contributed by atoms with Gasteiger partial charge in [-0.1, -0.05) is 13.0 Å². The quantitative estimate of drug-likeness (QED) is 0.776. The van der Waals surface area contributed by atoms with E-state index < -0.39 is 9.05 Å². The van der Waals surface area contributed by atoms with Crippen LogP contribution in [-0.2, 0) is 15.5 Å².